The molecule has 0 aliphatic heterocycles. The van der Waals surface area contributed by atoms with E-state index in [0.29, 0.717) is 0 Å². The minimum Gasteiger partial charge on any atom is -0.309 e. The van der Waals surface area contributed by atoms with Gasteiger partial charge in [-0.05, 0) is 105 Å². The molecular weight excluding hydrogens is 677 g/mol. The van der Waals surface area contributed by atoms with E-state index in [-0.39, 0.29) is 0 Å². The number of fused-ring (bicyclic) bond motifs is 6. The Morgan fingerprint density at radius 1 is 0.214 bits per heavy atom. The molecule has 11 aromatic rings. The van der Waals surface area contributed by atoms with E-state index in [0.717, 1.165) is 11.4 Å². The molecule has 56 heavy (non-hydrogen) atoms. The van der Waals surface area contributed by atoms with Gasteiger partial charge in [0.2, 0.25) is 0 Å². The zero-order valence-corrected chi connectivity index (χ0v) is 30.7. The van der Waals surface area contributed by atoms with E-state index in [1.807, 2.05) is 0 Å². The first-order chi connectivity index (χ1) is 27.8. The third kappa shape index (κ3) is 5.26. The number of benzene rings is 9. The highest BCUT2D eigenvalue weighted by molar-refractivity contribution is 6.13. The Balaban J connectivity index is 1.06. The smallest absolute Gasteiger partial charge is 0.0541 e. The maximum absolute atomic E-state index is 2.43. The lowest BCUT2D eigenvalue weighted by molar-refractivity contribution is 1.18. The number of aromatic nitrogens is 2. The second-order valence-corrected chi connectivity index (χ2v) is 14.5. The zero-order valence-electron chi connectivity index (χ0n) is 30.7. The van der Waals surface area contributed by atoms with E-state index in [2.05, 4.69) is 228 Å². The quantitative estimate of drug-likeness (QED) is 0.162. The Morgan fingerprint density at radius 2 is 0.643 bits per heavy atom. The first kappa shape index (κ1) is 32.0. The minimum atomic E-state index is 1.15. The Morgan fingerprint density at radius 3 is 1.21 bits per heavy atom. The second-order valence-electron chi connectivity index (χ2n) is 14.5. The van der Waals surface area contributed by atoms with Gasteiger partial charge in [0.1, 0.15) is 0 Å². The van der Waals surface area contributed by atoms with Crippen molar-refractivity contribution in [2.45, 2.75) is 0 Å². The summed E-state index contributed by atoms with van der Waals surface area (Å²) in [6.07, 6.45) is 0. The molecule has 11 rings (SSSR count). The molecule has 0 spiro atoms. The van der Waals surface area contributed by atoms with Crippen molar-refractivity contribution < 1.29 is 0 Å². The predicted molar refractivity (Wildman–Crippen MR) is 237 cm³/mol. The van der Waals surface area contributed by atoms with Crippen LogP contribution < -0.4 is 0 Å². The van der Waals surface area contributed by atoms with Gasteiger partial charge in [-0.15, -0.1) is 0 Å². The molecule has 0 atom stereocenters. The lowest BCUT2D eigenvalue weighted by Crippen LogP contribution is -1.96. The summed E-state index contributed by atoms with van der Waals surface area (Å²) in [6.45, 7) is 0. The first-order valence-corrected chi connectivity index (χ1v) is 19.3. The van der Waals surface area contributed by atoms with Gasteiger partial charge in [-0.3, -0.25) is 0 Å². The molecule has 9 aromatic carbocycles. The van der Waals surface area contributed by atoms with Crippen molar-refractivity contribution in [3.05, 3.63) is 218 Å². The highest BCUT2D eigenvalue weighted by Crippen LogP contribution is 2.40. The summed E-state index contributed by atoms with van der Waals surface area (Å²) >= 11 is 0. The van der Waals surface area contributed by atoms with Gasteiger partial charge in [-0.25, -0.2) is 0 Å². The van der Waals surface area contributed by atoms with E-state index in [4.69, 9.17) is 0 Å². The van der Waals surface area contributed by atoms with Gasteiger partial charge in [0, 0.05) is 32.9 Å². The number of nitrogens with zero attached hydrogens (tertiary/aromatic N) is 2. The van der Waals surface area contributed by atoms with Crippen LogP contribution in [0.15, 0.2) is 218 Å². The third-order valence-corrected chi connectivity index (χ3v) is 11.3. The largest absolute Gasteiger partial charge is 0.309 e. The molecule has 2 aromatic heterocycles. The van der Waals surface area contributed by atoms with Crippen LogP contribution in [0.4, 0.5) is 0 Å². The number of hydrogen-bond donors (Lipinski definition) is 0. The molecule has 0 bridgehead atoms. The summed E-state index contributed by atoms with van der Waals surface area (Å²) in [5, 5.41) is 4.98. The molecule has 0 radical (unpaired) electrons. The van der Waals surface area contributed by atoms with E-state index in [1.165, 1.54) is 88.1 Å². The van der Waals surface area contributed by atoms with Crippen LogP contribution >= 0.6 is 0 Å². The average Bonchev–Trinajstić information content (AvgIpc) is 3.79. The number of hydrogen-bond acceptors (Lipinski definition) is 0. The van der Waals surface area contributed by atoms with Crippen LogP contribution in [-0.4, -0.2) is 9.13 Å². The van der Waals surface area contributed by atoms with Crippen molar-refractivity contribution in [3.63, 3.8) is 0 Å². The fourth-order valence-corrected chi connectivity index (χ4v) is 8.71. The molecule has 0 fully saturated rings. The summed E-state index contributed by atoms with van der Waals surface area (Å²) in [6, 6.07) is 79.4. The first-order valence-electron chi connectivity index (χ1n) is 19.3. The monoisotopic (exact) mass is 712 g/mol. The molecule has 0 N–H and O–H groups in total. The zero-order chi connectivity index (χ0) is 37.0. The van der Waals surface area contributed by atoms with Crippen LogP contribution in [0.3, 0.4) is 0 Å². The molecule has 0 saturated carbocycles. The molecule has 262 valence electrons. The highest BCUT2D eigenvalue weighted by atomic mass is 15.0. The van der Waals surface area contributed by atoms with E-state index < -0.39 is 0 Å². The van der Waals surface area contributed by atoms with Gasteiger partial charge in [-0.2, -0.15) is 0 Å². The molecule has 0 amide bonds. The van der Waals surface area contributed by atoms with Gasteiger partial charge < -0.3 is 9.13 Å². The van der Waals surface area contributed by atoms with Gasteiger partial charge in [0.15, 0.2) is 0 Å². The van der Waals surface area contributed by atoms with Gasteiger partial charge in [0.05, 0.1) is 22.1 Å². The Kier molecular flexibility index (Phi) is 7.53. The van der Waals surface area contributed by atoms with E-state index in [1.54, 1.807) is 0 Å². The molecule has 0 aliphatic rings. The topological polar surface area (TPSA) is 9.86 Å². The second kappa shape index (κ2) is 13.2. The van der Waals surface area contributed by atoms with Crippen molar-refractivity contribution in [2.24, 2.45) is 0 Å². The SMILES string of the molecule is c1ccc(-c2cccc(-n3c4ccccc4c4cc(-c5ccc6c(c5)c5ccccc5n6-c5ccc(-c6ccccc6)c(-c6ccccc6)c5)ccc43)c2)cc1. The standard InChI is InChI=1S/C54H36N2/c1-4-15-37(16-5-1)40-21-14-22-43(33-40)55-51-25-12-10-23-46(51)49-34-41(27-31-53(49)55)42-28-32-54-50(35-42)47-24-11-13-26-52(47)56(54)44-29-30-45(38-17-6-2-7-18-38)48(36-44)39-19-8-3-9-20-39/h1-36H. The van der Waals surface area contributed by atoms with Crippen LogP contribution in [0.1, 0.15) is 0 Å². The summed E-state index contributed by atoms with van der Waals surface area (Å²) < 4.78 is 4.83. The van der Waals surface area contributed by atoms with Crippen molar-refractivity contribution in [1.82, 2.24) is 9.13 Å². The maximum Gasteiger partial charge on any atom is 0.0541 e. The molecule has 2 heteroatoms. The molecule has 0 unspecified atom stereocenters. The normalized spacial score (nSPS) is 11.6. The molecular formula is C54H36N2. The lowest BCUT2D eigenvalue weighted by Gasteiger charge is -2.15. The number of rotatable bonds is 6. The molecule has 0 aliphatic carbocycles. The van der Waals surface area contributed by atoms with Crippen molar-refractivity contribution in [3.8, 4) is 55.9 Å². The number of para-hydroxylation sites is 2. The van der Waals surface area contributed by atoms with E-state index >= 15 is 0 Å². The molecule has 2 nitrogen and oxygen atoms in total. The fourth-order valence-electron chi connectivity index (χ4n) is 8.71. The highest BCUT2D eigenvalue weighted by Gasteiger charge is 2.18. The summed E-state index contributed by atoms with van der Waals surface area (Å²) in [5.74, 6) is 0. The van der Waals surface area contributed by atoms with Crippen molar-refractivity contribution in [2.75, 3.05) is 0 Å². The van der Waals surface area contributed by atoms with Crippen LogP contribution in [0, 0.1) is 0 Å². The van der Waals surface area contributed by atoms with Gasteiger partial charge in [-0.1, -0.05) is 158 Å². The molecule has 0 saturated heterocycles. The Bertz CT molecular complexity index is 3220. The Hall–Kier alpha value is -7.42. The summed E-state index contributed by atoms with van der Waals surface area (Å²) in [7, 11) is 0. The van der Waals surface area contributed by atoms with Gasteiger partial charge >= 0.3 is 0 Å². The molecule has 2 heterocycles. The van der Waals surface area contributed by atoms with Crippen LogP contribution in [0.2, 0.25) is 0 Å². The predicted octanol–water partition coefficient (Wildman–Crippen LogP) is 14.5. The summed E-state index contributed by atoms with van der Waals surface area (Å²) in [5.41, 5.74) is 16.8. The van der Waals surface area contributed by atoms with Crippen molar-refractivity contribution >= 4 is 43.6 Å². The van der Waals surface area contributed by atoms with Crippen LogP contribution in [-0.2, 0) is 0 Å². The summed E-state index contributed by atoms with van der Waals surface area (Å²) in [4.78, 5) is 0. The van der Waals surface area contributed by atoms with Crippen molar-refractivity contribution in [1.29, 1.82) is 0 Å². The lowest BCUT2D eigenvalue weighted by atomic mass is 9.94. The fraction of sp³-hybridized carbons (Fsp3) is 0. The Labute approximate surface area is 325 Å². The maximum atomic E-state index is 2.43. The van der Waals surface area contributed by atoms with Crippen LogP contribution in [0.5, 0.6) is 0 Å². The average molecular weight is 713 g/mol. The third-order valence-electron chi connectivity index (χ3n) is 11.3. The van der Waals surface area contributed by atoms with Crippen LogP contribution in [0.25, 0.3) is 99.5 Å². The minimum absolute atomic E-state index is 1.15. The van der Waals surface area contributed by atoms with Gasteiger partial charge in [0.25, 0.3) is 0 Å². The van der Waals surface area contributed by atoms with E-state index in [9.17, 15) is 0 Å².